The summed E-state index contributed by atoms with van der Waals surface area (Å²) < 4.78 is 0. The fraction of sp³-hybridized carbons (Fsp3) is 0.571. The number of rotatable bonds is 6. The first-order chi connectivity index (χ1) is 8.56. The molecule has 0 aromatic heterocycles. The molecule has 4 heteroatoms. The summed E-state index contributed by atoms with van der Waals surface area (Å²) in [5.41, 5.74) is 1.64. The van der Waals surface area contributed by atoms with Gasteiger partial charge < -0.3 is 5.32 Å². The Hall–Kier alpha value is -1.42. The molecular formula is C14H20N2O2. The summed E-state index contributed by atoms with van der Waals surface area (Å²) in [7, 11) is 0. The Kier molecular flexibility index (Phi) is 3.66. The summed E-state index contributed by atoms with van der Waals surface area (Å²) in [5, 5.41) is 14.2. The second-order valence-corrected chi connectivity index (χ2v) is 5.31. The van der Waals surface area contributed by atoms with E-state index in [2.05, 4.69) is 19.2 Å². The number of nitrogens with zero attached hydrogens (tertiary/aromatic N) is 1. The molecule has 0 saturated heterocycles. The van der Waals surface area contributed by atoms with Gasteiger partial charge in [-0.1, -0.05) is 19.1 Å². The fourth-order valence-electron chi connectivity index (χ4n) is 2.23. The van der Waals surface area contributed by atoms with E-state index in [9.17, 15) is 10.1 Å². The summed E-state index contributed by atoms with van der Waals surface area (Å²) in [4.78, 5) is 10.4. The molecule has 0 amide bonds. The highest BCUT2D eigenvalue weighted by atomic mass is 16.6. The molecule has 1 aliphatic rings. The summed E-state index contributed by atoms with van der Waals surface area (Å²) in [6, 6.07) is 7.04. The lowest BCUT2D eigenvalue weighted by Gasteiger charge is -2.19. The van der Waals surface area contributed by atoms with Crippen LogP contribution in [0.15, 0.2) is 24.3 Å². The Labute approximate surface area is 108 Å². The first kappa shape index (κ1) is 13.0. The first-order valence-corrected chi connectivity index (χ1v) is 6.54. The van der Waals surface area contributed by atoms with Crippen LogP contribution in [0.25, 0.3) is 0 Å². The van der Waals surface area contributed by atoms with Crippen LogP contribution in [0.3, 0.4) is 0 Å². The van der Waals surface area contributed by atoms with Gasteiger partial charge in [-0.2, -0.15) is 0 Å². The minimum absolute atomic E-state index is 0.161. The van der Waals surface area contributed by atoms with Crippen LogP contribution in [0.1, 0.15) is 44.7 Å². The lowest BCUT2D eigenvalue weighted by Crippen LogP contribution is -2.26. The summed E-state index contributed by atoms with van der Waals surface area (Å²) >= 11 is 0. The van der Waals surface area contributed by atoms with Crippen LogP contribution in [0.5, 0.6) is 0 Å². The largest absolute Gasteiger partial charge is 0.310 e. The zero-order chi connectivity index (χ0) is 13.2. The average Bonchev–Trinajstić information content (AvgIpc) is 3.17. The van der Waals surface area contributed by atoms with E-state index in [-0.39, 0.29) is 16.7 Å². The third kappa shape index (κ3) is 2.88. The number of nitro groups is 1. The normalized spacial score (nSPS) is 18.3. The van der Waals surface area contributed by atoms with Gasteiger partial charge in [0.15, 0.2) is 0 Å². The number of non-ortho nitro benzene ring substituents is 1. The second kappa shape index (κ2) is 5.06. The van der Waals surface area contributed by atoms with E-state index in [0.717, 1.165) is 12.1 Å². The van der Waals surface area contributed by atoms with Gasteiger partial charge in [-0.25, -0.2) is 0 Å². The molecule has 0 heterocycles. The van der Waals surface area contributed by atoms with Gasteiger partial charge in [0.25, 0.3) is 5.69 Å². The average molecular weight is 248 g/mol. The van der Waals surface area contributed by atoms with Gasteiger partial charge in [-0.05, 0) is 37.2 Å². The van der Waals surface area contributed by atoms with Crippen molar-refractivity contribution in [3.05, 3.63) is 39.9 Å². The molecule has 1 aliphatic carbocycles. The maximum atomic E-state index is 10.7. The van der Waals surface area contributed by atoms with Crippen molar-refractivity contribution in [3.63, 3.8) is 0 Å². The Bertz CT molecular complexity index is 441. The lowest BCUT2D eigenvalue weighted by atomic mass is 10.0. The van der Waals surface area contributed by atoms with Crippen LogP contribution in [-0.2, 0) is 0 Å². The zero-order valence-electron chi connectivity index (χ0n) is 11.0. The number of nitrogens with one attached hydrogen (secondary N) is 1. The molecule has 0 radical (unpaired) electrons. The number of nitro benzene ring substituents is 1. The van der Waals surface area contributed by atoms with Crippen LogP contribution in [0.2, 0.25) is 0 Å². The van der Waals surface area contributed by atoms with E-state index in [0.29, 0.717) is 5.41 Å². The van der Waals surface area contributed by atoms with Crippen molar-refractivity contribution in [1.82, 2.24) is 5.32 Å². The Balaban J connectivity index is 1.98. The van der Waals surface area contributed by atoms with E-state index in [4.69, 9.17) is 0 Å². The predicted octanol–water partition coefficient (Wildman–Crippen LogP) is 3.44. The number of hydrogen-bond acceptors (Lipinski definition) is 3. The van der Waals surface area contributed by atoms with Crippen molar-refractivity contribution in [2.75, 3.05) is 6.54 Å². The monoisotopic (exact) mass is 248 g/mol. The van der Waals surface area contributed by atoms with Gasteiger partial charge in [-0.3, -0.25) is 10.1 Å². The van der Waals surface area contributed by atoms with Crippen molar-refractivity contribution in [1.29, 1.82) is 0 Å². The molecule has 1 aromatic carbocycles. The predicted molar refractivity (Wildman–Crippen MR) is 71.5 cm³/mol. The molecule has 0 aliphatic heterocycles. The van der Waals surface area contributed by atoms with Crippen molar-refractivity contribution >= 4 is 5.69 Å². The Morgan fingerprint density at radius 1 is 1.50 bits per heavy atom. The van der Waals surface area contributed by atoms with Gasteiger partial charge in [0.1, 0.15) is 0 Å². The minimum Gasteiger partial charge on any atom is -0.310 e. The van der Waals surface area contributed by atoms with Gasteiger partial charge >= 0.3 is 0 Å². The molecule has 0 spiro atoms. The molecular weight excluding hydrogens is 228 g/mol. The molecule has 0 bridgehead atoms. The molecule has 1 atom stereocenters. The van der Waals surface area contributed by atoms with E-state index in [1.54, 1.807) is 12.1 Å². The first-order valence-electron chi connectivity index (χ1n) is 6.54. The minimum atomic E-state index is -0.343. The van der Waals surface area contributed by atoms with E-state index in [1.165, 1.54) is 25.3 Å². The van der Waals surface area contributed by atoms with E-state index < -0.39 is 0 Å². The van der Waals surface area contributed by atoms with Crippen LogP contribution in [-0.4, -0.2) is 11.5 Å². The third-order valence-electron chi connectivity index (χ3n) is 4.07. The highest BCUT2D eigenvalue weighted by Crippen LogP contribution is 2.48. The summed E-state index contributed by atoms with van der Waals surface area (Å²) in [6.07, 6.45) is 3.82. The molecule has 1 unspecified atom stereocenters. The van der Waals surface area contributed by atoms with Crippen molar-refractivity contribution in [3.8, 4) is 0 Å². The molecule has 1 saturated carbocycles. The second-order valence-electron chi connectivity index (χ2n) is 5.31. The highest BCUT2D eigenvalue weighted by molar-refractivity contribution is 5.35. The van der Waals surface area contributed by atoms with Crippen LogP contribution >= 0.6 is 0 Å². The summed E-state index contributed by atoms with van der Waals surface area (Å²) in [5.74, 6) is 0. The molecule has 1 aromatic rings. The fourth-order valence-corrected chi connectivity index (χ4v) is 2.23. The SMILES string of the molecule is CCC1(CNC(C)c2cccc([N+](=O)[O-])c2)CC1. The maximum Gasteiger partial charge on any atom is 0.269 e. The number of benzene rings is 1. The van der Waals surface area contributed by atoms with Gasteiger partial charge in [-0.15, -0.1) is 0 Å². The van der Waals surface area contributed by atoms with Crippen LogP contribution < -0.4 is 5.32 Å². The van der Waals surface area contributed by atoms with Gasteiger partial charge in [0.05, 0.1) is 4.92 Å². The van der Waals surface area contributed by atoms with Gasteiger partial charge in [0.2, 0.25) is 0 Å². The standard InChI is InChI=1S/C14H20N2O2/c1-3-14(7-8-14)10-15-11(2)12-5-4-6-13(9-12)16(17)18/h4-6,9,11,15H,3,7-8,10H2,1-2H3. The summed E-state index contributed by atoms with van der Waals surface area (Å²) in [6.45, 7) is 5.30. The van der Waals surface area contributed by atoms with Crippen LogP contribution in [0.4, 0.5) is 5.69 Å². The molecule has 1 fully saturated rings. The quantitative estimate of drug-likeness (QED) is 0.619. The third-order valence-corrected chi connectivity index (χ3v) is 4.07. The van der Waals surface area contributed by atoms with E-state index in [1.807, 2.05) is 6.07 Å². The smallest absolute Gasteiger partial charge is 0.269 e. The van der Waals surface area contributed by atoms with Gasteiger partial charge in [0, 0.05) is 24.7 Å². The maximum absolute atomic E-state index is 10.7. The molecule has 98 valence electrons. The van der Waals surface area contributed by atoms with E-state index >= 15 is 0 Å². The topological polar surface area (TPSA) is 55.2 Å². The lowest BCUT2D eigenvalue weighted by molar-refractivity contribution is -0.384. The molecule has 2 rings (SSSR count). The highest BCUT2D eigenvalue weighted by Gasteiger charge is 2.40. The van der Waals surface area contributed by atoms with Crippen molar-refractivity contribution < 1.29 is 4.92 Å². The Morgan fingerprint density at radius 3 is 2.78 bits per heavy atom. The van der Waals surface area contributed by atoms with Crippen molar-refractivity contribution in [2.24, 2.45) is 5.41 Å². The molecule has 18 heavy (non-hydrogen) atoms. The van der Waals surface area contributed by atoms with Crippen molar-refractivity contribution in [2.45, 2.75) is 39.2 Å². The molecule has 4 nitrogen and oxygen atoms in total. The van der Waals surface area contributed by atoms with Crippen LogP contribution in [0, 0.1) is 15.5 Å². The zero-order valence-corrected chi connectivity index (χ0v) is 11.0. The number of hydrogen-bond donors (Lipinski definition) is 1. The molecule has 1 N–H and O–H groups in total. The Morgan fingerprint density at radius 2 is 2.22 bits per heavy atom.